The molecule has 0 saturated carbocycles. The van der Waals surface area contributed by atoms with Gasteiger partial charge in [-0.15, -0.1) is 0 Å². The summed E-state index contributed by atoms with van der Waals surface area (Å²) in [5.41, 5.74) is 24.5. The smallest absolute Gasteiger partial charge is 0.0546 e. The molecule has 19 aromatic carbocycles. The Balaban J connectivity index is 0.000000170. The Morgan fingerprint density at radius 2 is 0.509 bits per heavy atom. The molecule has 19 rings (SSSR count). The molecular weight excluding hydrogens is 1370 g/mol. The van der Waals surface area contributed by atoms with Gasteiger partial charge in [-0.3, -0.25) is 0 Å². The largest absolute Gasteiger partial charge is 0.310 e. The van der Waals surface area contributed by atoms with Gasteiger partial charge in [0.15, 0.2) is 0 Å². The standard InChI is InChI=1S/C66H62N2.C46H30/c1-3-5-7-11-21-49-31-39-55(40-32-49)67(57-43-35-53(36-44-57)51-23-13-9-14-24-51)65-47-63-60-28-18-20-30-62(60)66(48-64(63)59-27-17-19-29-61(59)65)68(56-41-33-50(34-42-56)22-12-8-6-4-2)58-45-37-54(38-46-58)52-25-15-10-16-26-52;1-2-14-33-29-38(27-26-31(33)12-1)46-43-23-7-5-21-41(43)45(42-22-6-8-24-44(42)46)37-19-10-17-35(30-37)34-16-9-18-36(28-34)40-25-11-15-32-13-3-4-20-39(32)40/h9-10,13-20,23-48H,3-8,11-12,21-22H2,1-2H3;1-30H. The van der Waals surface area contributed by atoms with Crippen molar-refractivity contribution in [3.63, 3.8) is 0 Å². The number of rotatable bonds is 22. The molecule has 0 aliphatic heterocycles. The summed E-state index contributed by atoms with van der Waals surface area (Å²) >= 11 is 0. The van der Waals surface area contributed by atoms with E-state index in [2.05, 4.69) is 424 Å². The lowest BCUT2D eigenvalue weighted by atomic mass is 9.85. The average molecular weight is 1470 g/mol. The lowest BCUT2D eigenvalue weighted by molar-refractivity contribution is 0.667. The molecule has 0 bridgehead atoms. The van der Waals surface area contributed by atoms with Gasteiger partial charge in [0.05, 0.1) is 11.4 Å². The zero-order valence-electron chi connectivity index (χ0n) is 65.1. The molecule has 0 N–H and O–H groups in total. The van der Waals surface area contributed by atoms with Gasteiger partial charge < -0.3 is 9.80 Å². The van der Waals surface area contributed by atoms with Crippen LogP contribution in [0.25, 0.3) is 142 Å². The molecule has 550 valence electrons. The number of anilines is 6. The van der Waals surface area contributed by atoms with Crippen LogP contribution in [0.4, 0.5) is 34.1 Å². The molecule has 0 spiro atoms. The van der Waals surface area contributed by atoms with Gasteiger partial charge in [-0.1, -0.05) is 374 Å². The third-order valence-corrected chi connectivity index (χ3v) is 23.2. The van der Waals surface area contributed by atoms with Gasteiger partial charge >= 0.3 is 0 Å². The second-order valence-corrected chi connectivity index (χ2v) is 30.5. The second-order valence-electron chi connectivity index (χ2n) is 30.5. The van der Waals surface area contributed by atoms with Gasteiger partial charge in [0.25, 0.3) is 0 Å². The van der Waals surface area contributed by atoms with Crippen molar-refractivity contribution in [1.29, 1.82) is 0 Å². The molecule has 0 radical (unpaired) electrons. The number of aryl methyl sites for hydroxylation is 2. The molecule has 0 atom stereocenters. The highest BCUT2D eigenvalue weighted by molar-refractivity contribution is 6.25. The van der Waals surface area contributed by atoms with Crippen LogP contribution in [0.2, 0.25) is 0 Å². The summed E-state index contributed by atoms with van der Waals surface area (Å²) in [5, 5.41) is 17.5. The van der Waals surface area contributed by atoms with E-state index in [1.807, 2.05) is 0 Å². The Bertz CT molecular complexity index is 6320. The highest BCUT2D eigenvalue weighted by Crippen LogP contribution is 2.50. The van der Waals surface area contributed by atoms with E-state index in [1.165, 1.54) is 205 Å². The Morgan fingerprint density at radius 1 is 0.184 bits per heavy atom. The van der Waals surface area contributed by atoms with Crippen LogP contribution in [0.3, 0.4) is 0 Å². The maximum Gasteiger partial charge on any atom is 0.0546 e. The van der Waals surface area contributed by atoms with Crippen molar-refractivity contribution < 1.29 is 0 Å². The molecule has 0 aliphatic carbocycles. The maximum absolute atomic E-state index is 2.48. The zero-order valence-corrected chi connectivity index (χ0v) is 65.1. The third-order valence-electron chi connectivity index (χ3n) is 23.2. The molecule has 0 amide bonds. The van der Waals surface area contributed by atoms with Crippen molar-refractivity contribution in [2.75, 3.05) is 9.80 Å². The van der Waals surface area contributed by atoms with E-state index in [9.17, 15) is 0 Å². The van der Waals surface area contributed by atoms with Gasteiger partial charge in [0, 0.05) is 33.5 Å². The minimum atomic E-state index is 1.11. The average Bonchev–Trinajstić information content (AvgIpc) is 0.729. The minimum absolute atomic E-state index is 1.11. The first-order valence-electron chi connectivity index (χ1n) is 41.1. The van der Waals surface area contributed by atoms with Crippen LogP contribution in [0.15, 0.2) is 400 Å². The number of fused-ring (bicyclic) bond motifs is 9. The maximum atomic E-state index is 2.48. The van der Waals surface area contributed by atoms with Crippen LogP contribution in [0.5, 0.6) is 0 Å². The van der Waals surface area contributed by atoms with Crippen molar-refractivity contribution in [2.24, 2.45) is 0 Å². The summed E-state index contributed by atoms with van der Waals surface area (Å²) in [4.78, 5) is 4.95. The van der Waals surface area contributed by atoms with Gasteiger partial charge in [-0.05, 0) is 247 Å². The Kier molecular flexibility index (Phi) is 21.1. The third kappa shape index (κ3) is 14.8. The molecule has 114 heavy (non-hydrogen) atoms. The van der Waals surface area contributed by atoms with Crippen LogP contribution in [0.1, 0.15) is 76.3 Å². The number of unbranched alkanes of at least 4 members (excludes halogenated alkanes) is 6. The summed E-state index contributed by atoms with van der Waals surface area (Å²) in [6.07, 6.45) is 12.3. The SMILES string of the molecule is CCCCCCc1ccc(N(c2ccc(-c3ccccc3)cc2)c2cc3c4ccccc4c(N(c4ccc(CCCCCC)cc4)c4ccc(-c5ccccc5)cc4)cc3c3ccccc23)cc1.c1cc(-c2cccc(-c3c4ccccc4c(-c4ccc5ccccc5c4)c4ccccc34)c2)cc(-c2cccc3ccccc23)c1. The van der Waals surface area contributed by atoms with E-state index < -0.39 is 0 Å². The highest BCUT2D eigenvalue weighted by Gasteiger charge is 2.24. The van der Waals surface area contributed by atoms with Crippen LogP contribution < -0.4 is 9.80 Å². The van der Waals surface area contributed by atoms with Crippen LogP contribution in [0, 0.1) is 0 Å². The van der Waals surface area contributed by atoms with Gasteiger partial charge in [-0.25, -0.2) is 0 Å². The molecule has 19 aromatic rings. The fourth-order valence-corrected chi connectivity index (χ4v) is 17.4. The molecule has 0 fully saturated rings. The van der Waals surface area contributed by atoms with Gasteiger partial charge in [0.1, 0.15) is 0 Å². The first kappa shape index (κ1) is 72.2. The zero-order chi connectivity index (χ0) is 76.5. The molecule has 2 nitrogen and oxygen atoms in total. The van der Waals surface area contributed by atoms with Crippen LogP contribution in [-0.2, 0) is 12.8 Å². The topological polar surface area (TPSA) is 6.48 Å². The fourth-order valence-electron chi connectivity index (χ4n) is 17.4. The highest BCUT2D eigenvalue weighted by atomic mass is 15.2. The molecule has 0 heterocycles. The summed E-state index contributed by atoms with van der Waals surface area (Å²) in [7, 11) is 0. The molecular formula is C112H92N2. The number of hydrogen-bond donors (Lipinski definition) is 0. The lowest BCUT2D eigenvalue weighted by Gasteiger charge is -2.30. The van der Waals surface area contributed by atoms with E-state index in [-0.39, 0.29) is 0 Å². The molecule has 0 aromatic heterocycles. The van der Waals surface area contributed by atoms with E-state index in [0.717, 1.165) is 47.0 Å². The number of nitrogens with zero attached hydrogens (tertiary/aromatic N) is 2. The second kappa shape index (κ2) is 33.3. The minimum Gasteiger partial charge on any atom is -0.310 e. The van der Waals surface area contributed by atoms with E-state index in [4.69, 9.17) is 0 Å². The summed E-state index contributed by atoms with van der Waals surface area (Å²) in [6.45, 7) is 4.56. The predicted octanol–water partition coefficient (Wildman–Crippen LogP) is 32.6. The molecule has 0 aliphatic rings. The molecule has 2 heteroatoms. The summed E-state index contributed by atoms with van der Waals surface area (Å²) in [5.74, 6) is 0. The quantitative estimate of drug-likeness (QED) is 0.0379. The number of hydrogen-bond acceptors (Lipinski definition) is 2. The first-order valence-corrected chi connectivity index (χ1v) is 41.1. The molecule has 0 unspecified atom stereocenters. The van der Waals surface area contributed by atoms with Gasteiger partial charge in [-0.2, -0.15) is 0 Å². The van der Waals surface area contributed by atoms with Crippen molar-refractivity contribution in [2.45, 2.75) is 78.1 Å². The van der Waals surface area contributed by atoms with Crippen molar-refractivity contribution >= 4 is 110 Å². The van der Waals surface area contributed by atoms with E-state index in [1.54, 1.807) is 0 Å². The predicted molar refractivity (Wildman–Crippen MR) is 493 cm³/mol. The van der Waals surface area contributed by atoms with Crippen molar-refractivity contribution in [3.05, 3.63) is 412 Å². The first-order chi connectivity index (χ1) is 56.5. The number of benzene rings is 19. The van der Waals surface area contributed by atoms with E-state index >= 15 is 0 Å². The Labute approximate surface area is 671 Å². The Hall–Kier alpha value is -13.4. The normalized spacial score (nSPS) is 11.4. The monoisotopic (exact) mass is 1460 g/mol. The molecule has 0 saturated heterocycles. The lowest BCUT2D eigenvalue weighted by Crippen LogP contribution is -2.12. The van der Waals surface area contributed by atoms with Crippen LogP contribution in [-0.4, -0.2) is 0 Å². The summed E-state index contributed by atoms with van der Waals surface area (Å²) in [6, 6.07) is 148. The van der Waals surface area contributed by atoms with Crippen molar-refractivity contribution in [1.82, 2.24) is 0 Å². The van der Waals surface area contributed by atoms with Crippen LogP contribution >= 0.6 is 0 Å². The van der Waals surface area contributed by atoms with E-state index in [0.29, 0.717) is 0 Å². The van der Waals surface area contributed by atoms with Crippen molar-refractivity contribution in [3.8, 4) is 66.8 Å². The Morgan fingerprint density at radius 3 is 0.974 bits per heavy atom. The fraction of sp³-hybridized carbons (Fsp3) is 0.107. The van der Waals surface area contributed by atoms with Gasteiger partial charge in [0.2, 0.25) is 0 Å². The summed E-state index contributed by atoms with van der Waals surface area (Å²) < 4.78 is 0.